The number of carboxylic acid groups (broad SMARTS) is 2. The van der Waals surface area contributed by atoms with Gasteiger partial charge in [0.15, 0.2) is 0 Å². The van der Waals surface area contributed by atoms with Crippen molar-refractivity contribution >= 4 is 23.9 Å². The molecule has 0 saturated carbocycles. The topological polar surface area (TPSA) is 118 Å². The van der Waals surface area contributed by atoms with Gasteiger partial charge in [0.25, 0.3) is 0 Å². The Balaban J connectivity index is 0.000000302. The van der Waals surface area contributed by atoms with Crippen molar-refractivity contribution in [2.24, 2.45) is 0 Å². The number of cyclic esters (lactones) is 2. The summed E-state index contributed by atoms with van der Waals surface area (Å²) in [6.07, 6.45) is 1.81. The number of aliphatic carboxylic acids is 2. The summed E-state index contributed by atoms with van der Waals surface area (Å²) >= 11 is 0. The molecule has 2 N–H and O–H groups in total. The zero-order chi connectivity index (χ0) is 13.6. The Labute approximate surface area is 96.0 Å². The molecule has 0 saturated heterocycles. The monoisotopic (exact) mass is 242 g/mol. The van der Waals surface area contributed by atoms with Crippen LogP contribution in [0.4, 0.5) is 0 Å². The summed E-state index contributed by atoms with van der Waals surface area (Å²) in [5.41, 5.74) is 0.192. The Bertz CT molecular complexity index is 428. The van der Waals surface area contributed by atoms with E-state index in [0.29, 0.717) is 11.6 Å². The molecule has 0 spiro atoms. The van der Waals surface area contributed by atoms with Gasteiger partial charge in [-0.1, -0.05) is 0 Å². The molecule has 0 aliphatic carbocycles. The van der Waals surface area contributed by atoms with Crippen LogP contribution in [0.15, 0.2) is 23.3 Å². The van der Waals surface area contributed by atoms with Crippen LogP contribution in [0, 0.1) is 0 Å². The number of ether oxygens (including phenoxy) is 1. The Hall–Kier alpha value is -2.44. The van der Waals surface area contributed by atoms with Crippen molar-refractivity contribution in [3.63, 3.8) is 0 Å². The van der Waals surface area contributed by atoms with Gasteiger partial charge in [0.2, 0.25) is 0 Å². The van der Waals surface area contributed by atoms with Crippen LogP contribution in [0.5, 0.6) is 0 Å². The highest BCUT2D eigenvalue weighted by Crippen LogP contribution is 2.04. The van der Waals surface area contributed by atoms with Gasteiger partial charge in [0.1, 0.15) is 0 Å². The summed E-state index contributed by atoms with van der Waals surface area (Å²) in [5.74, 6) is -3.55. The molecule has 1 aliphatic heterocycles. The van der Waals surface area contributed by atoms with Gasteiger partial charge in [0, 0.05) is 23.3 Å². The Morgan fingerprint density at radius 2 is 1.82 bits per heavy atom. The van der Waals surface area contributed by atoms with Gasteiger partial charge in [-0.3, -0.25) is 0 Å². The van der Waals surface area contributed by atoms with Crippen molar-refractivity contribution < 1.29 is 34.1 Å². The molecule has 0 fully saturated rings. The highest BCUT2D eigenvalue weighted by atomic mass is 16.6. The smallest absolute Gasteiger partial charge is 0.341 e. The number of hydrogen-bond acceptors (Lipinski definition) is 5. The fourth-order valence-corrected chi connectivity index (χ4v) is 0.684. The van der Waals surface area contributed by atoms with E-state index < -0.39 is 23.9 Å². The van der Waals surface area contributed by atoms with Crippen LogP contribution in [0.25, 0.3) is 0 Å². The predicted molar refractivity (Wildman–Crippen MR) is 53.9 cm³/mol. The molecule has 1 rings (SSSR count). The number of carbonyl (C=O) groups excluding carboxylic acids is 2. The third-order valence-electron chi connectivity index (χ3n) is 1.53. The standard InChI is InChI=1S/C5H6O4.C5H4O3/c1-3(5(8)9)2-4(6)7;1-3-2-4(6)8-5(3)7/h2H,1H3,(H,6,7)(H,8,9);2H,1H3/b3-2-;. The highest BCUT2D eigenvalue weighted by Gasteiger charge is 2.18. The number of hydrogen-bond donors (Lipinski definition) is 2. The number of esters is 2. The Morgan fingerprint density at radius 1 is 1.29 bits per heavy atom. The summed E-state index contributed by atoms with van der Waals surface area (Å²) in [6, 6.07) is 0. The largest absolute Gasteiger partial charge is 0.478 e. The van der Waals surface area contributed by atoms with E-state index in [4.69, 9.17) is 10.2 Å². The Morgan fingerprint density at radius 3 is 1.94 bits per heavy atom. The van der Waals surface area contributed by atoms with Gasteiger partial charge in [-0.25, -0.2) is 19.2 Å². The Kier molecular flexibility index (Phi) is 5.32. The van der Waals surface area contributed by atoms with E-state index in [2.05, 4.69) is 4.74 Å². The number of carboxylic acids is 2. The lowest BCUT2D eigenvalue weighted by molar-refractivity contribution is -0.150. The predicted octanol–water partition coefficient (Wildman–Crippen LogP) is 0.118. The lowest BCUT2D eigenvalue weighted by Gasteiger charge is -1.86. The van der Waals surface area contributed by atoms with Crippen LogP contribution in [0.1, 0.15) is 13.8 Å². The first-order valence-corrected chi connectivity index (χ1v) is 4.33. The van der Waals surface area contributed by atoms with Crippen molar-refractivity contribution in [2.75, 3.05) is 0 Å². The van der Waals surface area contributed by atoms with Gasteiger partial charge in [-0.05, 0) is 13.8 Å². The second-order valence-corrected chi connectivity index (χ2v) is 3.01. The van der Waals surface area contributed by atoms with E-state index >= 15 is 0 Å². The van der Waals surface area contributed by atoms with Crippen LogP contribution < -0.4 is 0 Å². The molecule has 0 aromatic rings. The summed E-state index contributed by atoms with van der Waals surface area (Å²) in [4.78, 5) is 40.1. The maximum atomic E-state index is 10.3. The minimum atomic E-state index is -1.24. The molecule has 0 radical (unpaired) electrons. The number of carbonyl (C=O) groups is 4. The molecule has 0 amide bonds. The molecular weight excluding hydrogens is 232 g/mol. The normalized spacial score (nSPS) is 14.5. The second-order valence-electron chi connectivity index (χ2n) is 3.01. The molecule has 0 aromatic heterocycles. The van der Waals surface area contributed by atoms with E-state index in [9.17, 15) is 19.2 Å². The zero-order valence-corrected chi connectivity index (χ0v) is 9.09. The molecule has 0 atom stereocenters. The van der Waals surface area contributed by atoms with Crippen molar-refractivity contribution in [3.8, 4) is 0 Å². The third kappa shape index (κ3) is 5.88. The minimum Gasteiger partial charge on any atom is -0.478 e. The van der Waals surface area contributed by atoms with E-state index in [1.807, 2.05) is 0 Å². The molecule has 17 heavy (non-hydrogen) atoms. The molecule has 7 heteroatoms. The van der Waals surface area contributed by atoms with Crippen LogP contribution in [0.3, 0.4) is 0 Å². The SMILES string of the molecule is C/C(=C/C(=O)O)C(=O)O.CC1=CC(=O)OC1=O. The van der Waals surface area contributed by atoms with Crippen molar-refractivity contribution in [2.45, 2.75) is 13.8 Å². The molecule has 92 valence electrons. The van der Waals surface area contributed by atoms with Crippen molar-refractivity contribution in [1.82, 2.24) is 0 Å². The van der Waals surface area contributed by atoms with Gasteiger partial charge in [-0.2, -0.15) is 0 Å². The summed E-state index contributed by atoms with van der Waals surface area (Å²) in [7, 11) is 0. The van der Waals surface area contributed by atoms with Crippen molar-refractivity contribution in [3.05, 3.63) is 23.3 Å². The quantitative estimate of drug-likeness (QED) is 0.401. The fraction of sp³-hybridized carbons (Fsp3) is 0.200. The average Bonchev–Trinajstić information content (AvgIpc) is 2.43. The van der Waals surface area contributed by atoms with Gasteiger partial charge in [0.05, 0.1) is 0 Å². The van der Waals surface area contributed by atoms with Crippen LogP contribution in [-0.2, 0) is 23.9 Å². The number of rotatable bonds is 2. The molecule has 0 unspecified atom stereocenters. The summed E-state index contributed by atoms with van der Waals surface area (Å²) < 4.78 is 4.10. The summed E-state index contributed by atoms with van der Waals surface area (Å²) in [5, 5.41) is 16.1. The maximum absolute atomic E-state index is 10.3. The van der Waals surface area contributed by atoms with Gasteiger partial charge >= 0.3 is 23.9 Å². The molecule has 1 aliphatic rings. The molecule has 1 heterocycles. The molecule has 0 aromatic carbocycles. The third-order valence-corrected chi connectivity index (χ3v) is 1.53. The lowest BCUT2D eigenvalue weighted by atomic mass is 10.3. The van der Waals surface area contributed by atoms with Crippen LogP contribution in [-0.4, -0.2) is 34.1 Å². The lowest BCUT2D eigenvalue weighted by Crippen LogP contribution is -1.99. The van der Waals surface area contributed by atoms with E-state index in [0.717, 1.165) is 0 Å². The zero-order valence-electron chi connectivity index (χ0n) is 9.09. The van der Waals surface area contributed by atoms with E-state index in [1.165, 1.54) is 19.9 Å². The summed E-state index contributed by atoms with van der Waals surface area (Å²) in [6.45, 7) is 2.75. The maximum Gasteiger partial charge on any atom is 0.341 e. The first-order chi connectivity index (χ1) is 7.73. The van der Waals surface area contributed by atoms with E-state index in [-0.39, 0.29) is 5.57 Å². The minimum absolute atomic E-state index is 0.178. The second kappa shape index (κ2) is 6.21. The highest BCUT2D eigenvalue weighted by molar-refractivity contribution is 6.08. The first-order valence-electron chi connectivity index (χ1n) is 4.33. The van der Waals surface area contributed by atoms with Crippen molar-refractivity contribution in [1.29, 1.82) is 0 Å². The molecular formula is C10H10O7. The van der Waals surface area contributed by atoms with Gasteiger partial charge < -0.3 is 14.9 Å². The first kappa shape index (κ1) is 14.6. The fourth-order valence-electron chi connectivity index (χ4n) is 0.684. The van der Waals surface area contributed by atoms with E-state index in [1.54, 1.807) is 0 Å². The molecule has 7 nitrogen and oxygen atoms in total. The molecule has 0 bridgehead atoms. The van der Waals surface area contributed by atoms with Crippen LogP contribution in [0.2, 0.25) is 0 Å². The average molecular weight is 242 g/mol. The van der Waals surface area contributed by atoms with Crippen LogP contribution >= 0.6 is 0 Å². The van der Waals surface area contributed by atoms with Gasteiger partial charge in [-0.15, -0.1) is 0 Å².